The van der Waals surface area contributed by atoms with Crippen LogP contribution in [0.25, 0.3) is 5.69 Å². The molecule has 0 saturated carbocycles. The number of nitrogens with one attached hydrogen (secondary N) is 3. The van der Waals surface area contributed by atoms with Gasteiger partial charge in [0, 0.05) is 28.3 Å². The van der Waals surface area contributed by atoms with Crippen molar-refractivity contribution in [1.82, 2.24) is 20.4 Å². The number of Topliss-reactive ketones (excluding diaryl/α,β-unsaturated/α-hetero) is 1. The molecule has 2 heterocycles. The van der Waals surface area contributed by atoms with Gasteiger partial charge in [0.2, 0.25) is 0 Å². The fraction of sp³-hybridized carbons (Fsp3) is 0.261. The monoisotopic (exact) mass is 406 g/mol. The van der Waals surface area contributed by atoms with E-state index in [0.29, 0.717) is 28.8 Å². The highest BCUT2D eigenvalue weighted by molar-refractivity contribution is 6.04. The highest BCUT2D eigenvalue weighted by Crippen LogP contribution is 2.21. The number of amides is 2. The zero-order valence-corrected chi connectivity index (χ0v) is 17.8. The molecular weight excluding hydrogens is 380 g/mol. The van der Waals surface area contributed by atoms with Gasteiger partial charge in [-0.15, -0.1) is 0 Å². The molecule has 1 aromatic carbocycles. The predicted octanol–water partition coefficient (Wildman–Crippen LogP) is 3.57. The van der Waals surface area contributed by atoms with Gasteiger partial charge < -0.3 is 9.55 Å². The number of aromatic nitrogens is 2. The highest BCUT2D eigenvalue weighted by atomic mass is 16.2. The molecule has 0 aliphatic rings. The number of hydrogen-bond donors (Lipinski definition) is 3. The maximum absolute atomic E-state index is 12.7. The van der Waals surface area contributed by atoms with Crippen LogP contribution in [0, 0.1) is 20.8 Å². The van der Waals surface area contributed by atoms with Crippen LogP contribution < -0.4 is 10.9 Å². The number of carbonyl (C=O) groups is 3. The van der Waals surface area contributed by atoms with E-state index in [9.17, 15) is 14.4 Å². The number of aromatic amines is 1. The second-order valence-corrected chi connectivity index (χ2v) is 7.25. The Labute approximate surface area is 175 Å². The average molecular weight is 406 g/mol. The highest BCUT2D eigenvalue weighted by Gasteiger charge is 2.23. The Kier molecular flexibility index (Phi) is 5.91. The summed E-state index contributed by atoms with van der Waals surface area (Å²) in [5, 5.41) is 0. The minimum absolute atomic E-state index is 0.1000. The molecule has 2 amide bonds. The molecule has 0 unspecified atom stereocenters. The number of hydrazine groups is 1. The number of ketones is 1. The zero-order valence-electron chi connectivity index (χ0n) is 17.8. The summed E-state index contributed by atoms with van der Waals surface area (Å²) in [4.78, 5) is 40.2. The van der Waals surface area contributed by atoms with Crippen molar-refractivity contribution < 1.29 is 14.4 Å². The molecule has 0 radical (unpaired) electrons. The van der Waals surface area contributed by atoms with E-state index >= 15 is 0 Å². The lowest BCUT2D eigenvalue weighted by Gasteiger charge is -2.10. The predicted molar refractivity (Wildman–Crippen MR) is 115 cm³/mol. The standard InChI is InChI=1S/C23H26N4O3/c1-6-18-20(16(5)28)14(3)24-21(18)23(30)26-25-22(29)19-12-13(2)27(15(19)4)17-10-8-7-9-11-17/h7-12,24H,6H2,1-5H3,(H,25,29)(H,26,30). The molecule has 0 atom stereocenters. The topological polar surface area (TPSA) is 96.0 Å². The summed E-state index contributed by atoms with van der Waals surface area (Å²) in [5.74, 6) is -1.00. The van der Waals surface area contributed by atoms with Gasteiger partial charge >= 0.3 is 0 Å². The molecule has 7 nitrogen and oxygen atoms in total. The van der Waals surface area contributed by atoms with Crippen molar-refractivity contribution in [3.05, 3.63) is 75.9 Å². The van der Waals surface area contributed by atoms with Crippen molar-refractivity contribution in [2.75, 3.05) is 0 Å². The molecule has 0 bridgehead atoms. The third-order valence-electron chi connectivity index (χ3n) is 5.20. The van der Waals surface area contributed by atoms with Crippen molar-refractivity contribution >= 4 is 17.6 Å². The molecule has 30 heavy (non-hydrogen) atoms. The second-order valence-electron chi connectivity index (χ2n) is 7.25. The van der Waals surface area contributed by atoms with Gasteiger partial charge in [0.25, 0.3) is 11.8 Å². The molecule has 156 valence electrons. The summed E-state index contributed by atoms with van der Waals surface area (Å²) in [7, 11) is 0. The van der Waals surface area contributed by atoms with E-state index in [1.165, 1.54) is 6.92 Å². The van der Waals surface area contributed by atoms with Crippen LogP contribution in [0.2, 0.25) is 0 Å². The van der Waals surface area contributed by atoms with Crippen LogP contribution in [0.1, 0.15) is 67.7 Å². The number of H-pyrrole nitrogens is 1. The summed E-state index contributed by atoms with van der Waals surface area (Å²) in [6.07, 6.45) is 0.522. The van der Waals surface area contributed by atoms with Gasteiger partial charge in [-0.05, 0) is 57.9 Å². The fourth-order valence-corrected chi connectivity index (χ4v) is 3.91. The normalized spacial score (nSPS) is 10.7. The van der Waals surface area contributed by atoms with E-state index in [-0.39, 0.29) is 11.5 Å². The van der Waals surface area contributed by atoms with Gasteiger partial charge in [-0.1, -0.05) is 25.1 Å². The molecule has 0 fully saturated rings. The number of benzene rings is 1. The Hall–Kier alpha value is -3.61. The minimum Gasteiger partial charge on any atom is -0.354 e. The summed E-state index contributed by atoms with van der Waals surface area (Å²) in [6, 6.07) is 11.5. The number of hydrogen-bond acceptors (Lipinski definition) is 3. The van der Waals surface area contributed by atoms with E-state index < -0.39 is 11.8 Å². The van der Waals surface area contributed by atoms with Gasteiger partial charge in [-0.3, -0.25) is 25.2 Å². The van der Waals surface area contributed by atoms with Crippen LogP contribution in [-0.4, -0.2) is 27.1 Å². The molecule has 0 spiro atoms. The van der Waals surface area contributed by atoms with Crippen LogP contribution in [0.4, 0.5) is 0 Å². The maximum atomic E-state index is 12.7. The molecule has 0 aliphatic carbocycles. The van der Waals surface area contributed by atoms with Crippen molar-refractivity contribution in [3.63, 3.8) is 0 Å². The Morgan fingerprint density at radius 2 is 1.63 bits per heavy atom. The smallest absolute Gasteiger partial charge is 0.286 e. The van der Waals surface area contributed by atoms with Crippen molar-refractivity contribution in [3.8, 4) is 5.69 Å². The summed E-state index contributed by atoms with van der Waals surface area (Å²) in [5.41, 5.74) is 10.2. The van der Waals surface area contributed by atoms with Crippen molar-refractivity contribution in [1.29, 1.82) is 0 Å². The SMILES string of the molecule is CCc1c(C(=O)NNC(=O)c2cc(C)n(-c3ccccc3)c2C)[nH]c(C)c1C(C)=O. The molecular formula is C23H26N4O3. The lowest BCUT2D eigenvalue weighted by Crippen LogP contribution is -2.42. The van der Waals surface area contributed by atoms with E-state index in [4.69, 9.17) is 0 Å². The molecule has 3 aromatic rings. The molecule has 3 N–H and O–H groups in total. The van der Waals surface area contributed by atoms with Crippen LogP contribution in [-0.2, 0) is 6.42 Å². The molecule has 0 saturated heterocycles. The Morgan fingerprint density at radius 3 is 2.23 bits per heavy atom. The molecule has 0 aliphatic heterocycles. The Morgan fingerprint density at radius 1 is 1.00 bits per heavy atom. The van der Waals surface area contributed by atoms with E-state index in [1.54, 1.807) is 13.0 Å². The minimum atomic E-state index is -0.493. The Bertz CT molecular complexity index is 1120. The summed E-state index contributed by atoms with van der Waals surface area (Å²) >= 11 is 0. The van der Waals surface area contributed by atoms with Crippen molar-refractivity contribution in [2.24, 2.45) is 0 Å². The van der Waals surface area contributed by atoms with Crippen LogP contribution in [0.5, 0.6) is 0 Å². The fourth-order valence-electron chi connectivity index (χ4n) is 3.91. The van der Waals surface area contributed by atoms with Crippen LogP contribution in [0.3, 0.4) is 0 Å². The van der Waals surface area contributed by atoms with Gasteiger partial charge in [0.05, 0.1) is 5.56 Å². The first kappa shape index (κ1) is 21.1. The lowest BCUT2D eigenvalue weighted by atomic mass is 10.0. The Balaban J connectivity index is 1.80. The average Bonchev–Trinajstić information content (AvgIpc) is 3.22. The van der Waals surface area contributed by atoms with E-state index in [2.05, 4.69) is 15.8 Å². The molecule has 3 rings (SSSR count). The first-order valence-electron chi connectivity index (χ1n) is 9.83. The van der Waals surface area contributed by atoms with Crippen LogP contribution in [0.15, 0.2) is 36.4 Å². The number of para-hydroxylation sites is 1. The van der Waals surface area contributed by atoms with E-state index in [0.717, 1.165) is 17.1 Å². The van der Waals surface area contributed by atoms with Gasteiger partial charge in [-0.2, -0.15) is 0 Å². The second kappa shape index (κ2) is 8.41. The van der Waals surface area contributed by atoms with Gasteiger partial charge in [0.15, 0.2) is 5.78 Å². The largest absolute Gasteiger partial charge is 0.354 e. The third-order valence-corrected chi connectivity index (χ3v) is 5.20. The zero-order chi connectivity index (χ0) is 22.0. The third kappa shape index (κ3) is 3.78. The van der Waals surface area contributed by atoms with Gasteiger partial charge in [-0.25, -0.2) is 0 Å². The van der Waals surface area contributed by atoms with Crippen molar-refractivity contribution in [2.45, 2.75) is 41.0 Å². The summed E-state index contributed by atoms with van der Waals surface area (Å²) in [6.45, 7) is 8.89. The number of nitrogens with zero attached hydrogens (tertiary/aromatic N) is 1. The van der Waals surface area contributed by atoms with E-state index in [1.807, 2.05) is 55.7 Å². The number of carbonyl (C=O) groups excluding carboxylic acids is 3. The molecule has 2 aromatic heterocycles. The number of aryl methyl sites for hydroxylation is 2. The van der Waals surface area contributed by atoms with Gasteiger partial charge in [0.1, 0.15) is 5.69 Å². The lowest BCUT2D eigenvalue weighted by molar-refractivity contribution is 0.0843. The summed E-state index contributed by atoms with van der Waals surface area (Å²) < 4.78 is 1.99. The number of rotatable bonds is 5. The van der Waals surface area contributed by atoms with Crippen LogP contribution >= 0.6 is 0 Å². The quantitative estimate of drug-likeness (QED) is 0.446. The first-order valence-corrected chi connectivity index (χ1v) is 9.83. The molecule has 7 heteroatoms. The first-order chi connectivity index (χ1) is 14.3. The maximum Gasteiger partial charge on any atom is 0.286 e.